The zero-order valence-electron chi connectivity index (χ0n) is 16.1. The zero-order valence-corrected chi connectivity index (χ0v) is 16.1. The minimum absolute atomic E-state index is 0.0402. The molecule has 0 bridgehead atoms. The number of hydrogen-bond acceptors (Lipinski definition) is 5. The van der Waals surface area contributed by atoms with Crippen molar-refractivity contribution >= 4 is 23.9 Å². The molecule has 13 heteroatoms. The van der Waals surface area contributed by atoms with Crippen LogP contribution in [0.25, 0.3) is 0 Å². The van der Waals surface area contributed by atoms with E-state index in [1.54, 1.807) is 11.7 Å². The number of nitrogens with zero attached hydrogens (tertiary/aromatic N) is 5. The minimum Gasteiger partial charge on any atom is -0.475 e. The molecule has 1 saturated carbocycles. The fourth-order valence-corrected chi connectivity index (χ4v) is 3.15. The van der Waals surface area contributed by atoms with Crippen molar-refractivity contribution in [1.29, 1.82) is 0 Å². The topological polar surface area (TPSA) is 121 Å². The van der Waals surface area contributed by atoms with Gasteiger partial charge in [0.15, 0.2) is 0 Å². The smallest absolute Gasteiger partial charge is 0.475 e. The molecule has 1 aromatic heterocycles. The van der Waals surface area contributed by atoms with Gasteiger partial charge < -0.3 is 14.9 Å². The van der Waals surface area contributed by atoms with Crippen LogP contribution in [0.1, 0.15) is 31.5 Å². The molecule has 1 saturated heterocycles. The van der Waals surface area contributed by atoms with Gasteiger partial charge in [-0.2, -0.15) is 18.2 Å². The van der Waals surface area contributed by atoms with Gasteiger partial charge in [-0.25, -0.2) is 9.59 Å². The average Bonchev–Trinajstić information content (AvgIpc) is 3.25. The van der Waals surface area contributed by atoms with Crippen LogP contribution in [-0.2, 0) is 16.6 Å². The molecule has 3 rings (SSSR count). The summed E-state index contributed by atoms with van der Waals surface area (Å²) in [7, 11) is 1.77. The number of aliphatic carboxylic acids is 1. The standard InChI is InChI=1S/C14H22N6O2.C2HF3O2/c1-10-15-13(17-18(10)2)16-14(22)19-7-8-20(12(21)9-19)11-5-3-4-6-11;3-2(4,5)1(6)7/h11H,3-9H2,1-2H3,(H,16,17,22);(H,6,7). The lowest BCUT2D eigenvalue weighted by Gasteiger charge is -2.37. The molecular weight excluding hydrogens is 397 g/mol. The number of urea groups is 1. The number of alkyl halides is 3. The van der Waals surface area contributed by atoms with Crippen molar-refractivity contribution < 1.29 is 32.7 Å². The third-order valence-electron chi connectivity index (χ3n) is 4.75. The molecule has 1 aliphatic heterocycles. The van der Waals surface area contributed by atoms with Gasteiger partial charge in [0.05, 0.1) is 0 Å². The van der Waals surface area contributed by atoms with Gasteiger partial charge in [0.2, 0.25) is 11.9 Å². The number of rotatable bonds is 2. The first kappa shape index (κ1) is 22.4. The molecule has 0 atom stereocenters. The van der Waals surface area contributed by atoms with Crippen LogP contribution in [0.15, 0.2) is 0 Å². The predicted octanol–water partition coefficient (Wildman–Crippen LogP) is 1.38. The van der Waals surface area contributed by atoms with E-state index in [0.717, 1.165) is 18.7 Å². The minimum atomic E-state index is -5.08. The van der Waals surface area contributed by atoms with Gasteiger partial charge in [-0.05, 0) is 19.8 Å². The maximum absolute atomic E-state index is 12.3. The van der Waals surface area contributed by atoms with Gasteiger partial charge in [-0.15, -0.1) is 5.10 Å². The van der Waals surface area contributed by atoms with Crippen molar-refractivity contribution in [3.05, 3.63) is 5.82 Å². The second-order valence-corrected chi connectivity index (χ2v) is 6.79. The van der Waals surface area contributed by atoms with Crippen molar-refractivity contribution in [1.82, 2.24) is 24.6 Å². The summed E-state index contributed by atoms with van der Waals surface area (Å²) in [6, 6.07) is 0.0582. The Bertz CT molecular complexity index is 741. The summed E-state index contributed by atoms with van der Waals surface area (Å²) in [4.78, 5) is 41.0. The van der Waals surface area contributed by atoms with E-state index in [0.29, 0.717) is 19.1 Å². The Morgan fingerprint density at radius 1 is 1.21 bits per heavy atom. The van der Waals surface area contributed by atoms with E-state index in [1.165, 1.54) is 17.7 Å². The summed E-state index contributed by atoms with van der Waals surface area (Å²) >= 11 is 0. The number of aryl methyl sites for hydroxylation is 2. The molecule has 10 nitrogen and oxygen atoms in total. The van der Waals surface area contributed by atoms with Crippen molar-refractivity contribution in [3.8, 4) is 0 Å². The number of piperazine rings is 1. The van der Waals surface area contributed by atoms with E-state index in [4.69, 9.17) is 9.90 Å². The summed E-state index contributed by atoms with van der Waals surface area (Å²) in [5.41, 5.74) is 0. The van der Waals surface area contributed by atoms with Crippen LogP contribution in [0.2, 0.25) is 0 Å². The summed E-state index contributed by atoms with van der Waals surface area (Å²) in [5, 5.41) is 13.9. The maximum atomic E-state index is 12.3. The summed E-state index contributed by atoms with van der Waals surface area (Å²) in [5.74, 6) is -1.72. The molecule has 0 unspecified atom stereocenters. The quantitative estimate of drug-likeness (QED) is 0.746. The highest BCUT2D eigenvalue weighted by Crippen LogP contribution is 2.25. The average molecular weight is 420 g/mol. The Kier molecular flexibility index (Phi) is 7.03. The second-order valence-electron chi connectivity index (χ2n) is 6.79. The highest BCUT2D eigenvalue weighted by molar-refractivity contribution is 5.91. The number of anilines is 1. The first-order valence-electron chi connectivity index (χ1n) is 9.02. The molecule has 3 amide bonds. The summed E-state index contributed by atoms with van der Waals surface area (Å²) in [6.45, 7) is 3.12. The first-order chi connectivity index (χ1) is 13.5. The molecule has 2 aliphatic rings. The number of carboxylic acid groups (broad SMARTS) is 1. The van der Waals surface area contributed by atoms with Crippen LogP contribution in [0.3, 0.4) is 0 Å². The van der Waals surface area contributed by atoms with E-state index in [9.17, 15) is 22.8 Å². The van der Waals surface area contributed by atoms with Crippen LogP contribution in [-0.4, -0.2) is 79.4 Å². The number of aromatic nitrogens is 3. The highest BCUT2D eigenvalue weighted by atomic mass is 19.4. The van der Waals surface area contributed by atoms with E-state index in [1.807, 2.05) is 11.8 Å². The number of amides is 3. The summed E-state index contributed by atoms with van der Waals surface area (Å²) in [6.07, 6.45) is -0.503. The van der Waals surface area contributed by atoms with Gasteiger partial charge in [-0.3, -0.25) is 14.8 Å². The number of carbonyl (C=O) groups is 3. The molecule has 1 aromatic rings. The van der Waals surface area contributed by atoms with Gasteiger partial charge >= 0.3 is 18.2 Å². The number of carboxylic acids is 1. The van der Waals surface area contributed by atoms with E-state index >= 15 is 0 Å². The largest absolute Gasteiger partial charge is 0.490 e. The third-order valence-corrected chi connectivity index (χ3v) is 4.75. The fraction of sp³-hybridized carbons (Fsp3) is 0.688. The van der Waals surface area contributed by atoms with Gasteiger partial charge in [0.25, 0.3) is 0 Å². The van der Waals surface area contributed by atoms with E-state index in [2.05, 4.69) is 15.4 Å². The SMILES string of the molecule is Cc1nc(NC(=O)N2CCN(C3CCCC3)C(=O)C2)nn1C.O=C(O)C(F)(F)F. The summed E-state index contributed by atoms with van der Waals surface area (Å²) < 4.78 is 33.3. The zero-order chi connectivity index (χ0) is 21.8. The van der Waals surface area contributed by atoms with E-state index in [-0.39, 0.29) is 24.4 Å². The number of hydrogen-bond donors (Lipinski definition) is 2. The van der Waals surface area contributed by atoms with Gasteiger partial charge in [0, 0.05) is 26.2 Å². The fourth-order valence-electron chi connectivity index (χ4n) is 3.15. The van der Waals surface area contributed by atoms with Crippen molar-refractivity contribution in [2.45, 2.75) is 44.8 Å². The van der Waals surface area contributed by atoms with Crippen molar-refractivity contribution in [2.24, 2.45) is 7.05 Å². The van der Waals surface area contributed by atoms with Crippen LogP contribution >= 0.6 is 0 Å². The second kappa shape index (κ2) is 9.09. The van der Waals surface area contributed by atoms with Crippen LogP contribution in [0, 0.1) is 6.92 Å². The molecule has 162 valence electrons. The monoisotopic (exact) mass is 420 g/mol. The number of nitrogens with one attached hydrogen (secondary N) is 1. The lowest BCUT2D eigenvalue weighted by atomic mass is 10.2. The molecule has 2 N–H and O–H groups in total. The lowest BCUT2D eigenvalue weighted by molar-refractivity contribution is -0.192. The molecule has 2 heterocycles. The van der Waals surface area contributed by atoms with Crippen molar-refractivity contribution in [2.75, 3.05) is 25.0 Å². The normalized spacial score (nSPS) is 17.8. The molecule has 0 aromatic carbocycles. The van der Waals surface area contributed by atoms with Gasteiger partial charge in [0.1, 0.15) is 12.4 Å². The van der Waals surface area contributed by atoms with Crippen LogP contribution in [0.5, 0.6) is 0 Å². The Morgan fingerprint density at radius 3 is 2.24 bits per heavy atom. The number of carbonyl (C=O) groups excluding carboxylic acids is 2. The Labute approximate surface area is 164 Å². The lowest BCUT2D eigenvalue weighted by Crippen LogP contribution is -2.55. The maximum Gasteiger partial charge on any atom is 0.490 e. The van der Waals surface area contributed by atoms with E-state index < -0.39 is 12.1 Å². The Morgan fingerprint density at radius 2 is 1.79 bits per heavy atom. The molecule has 1 aliphatic carbocycles. The Balaban J connectivity index is 0.000000370. The first-order valence-corrected chi connectivity index (χ1v) is 9.02. The highest BCUT2D eigenvalue weighted by Gasteiger charge is 2.38. The van der Waals surface area contributed by atoms with Crippen molar-refractivity contribution in [3.63, 3.8) is 0 Å². The van der Waals surface area contributed by atoms with Crippen LogP contribution in [0.4, 0.5) is 23.9 Å². The molecule has 29 heavy (non-hydrogen) atoms. The predicted molar refractivity (Wildman–Crippen MR) is 94.0 cm³/mol. The molecular formula is C16H23F3N6O4. The molecule has 0 spiro atoms. The molecule has 0 radical (unpaired) electrons. The van der Waals surface area contributed by atoms with Crippen LogP contribution < -0.4 is 5.32 Å². The Hall–Kier alpha value is -2.86. The van der Waals surface area contributed by atoms with Gasteiger partial charge in [-0.1, -0.05) is 12.8 Å². The third kappa shape index (κ3) is 6.06. The number of halogens is 3. The molecule has 2 fully saturated rings.